The topological polar surface area (TPSA) is 59.0 Å². The smallest absolute Gasteiger partial charge is 0.224 e. The lowest BCUT2D eigenvalue weighted by Gasteiger charge is -2.26. The molecule has 1 fully saturated rings. The molecule has 2 aromatic carbocycles. The van der Waals surface area contributed by atoms with Gasteiger partial charge in [-0.2, -0.15) is 0 Å². The molecule has 0 spiro atoms. The van der Waals surface area contributed by atoms with Crippen LogP contribution in [0.25, 0.3) is 11.0 Å². The van der Waals surface area contributed by atoms with Crippen LogP contribution in [0.5, 0.6) is 0 Å². The summed E-state index contributed by atoms with van der Waals surface area (Å²) in [6.45, 7) is 2.21. The average molecular weight is 439 g/mol. The molecule has 2 atom stereocenters. The van der Waals surface area contributed by atoms with Gasteiger partial charge in [0.05, 0.1) is 29.3 Å². The van der Waals surface area contributed by atoms with Gasteiger partial charge >= 0.3 is 0 Å². The molecule has 8 heteroatoms. The molecule has 0 saturated carbocycles. The van der Waals surface area contributed by atoms with Gasteiger partial charge in [-0.15, -0.1) is 24.8 Å². The van der Waals surface area contributed by atoms with E-state index in [2.05, 4.69) is 15.6 Å². The van der Waals surface area contributed by atoms with Crippen LogP contribution in [0.2, 0.25) is 0 Å². The van der Waals surface area contributed by atoms with E-state index in [9.17, 15) is 9.18 Å². The van der Waals surface area contributed by atoms with Crippen LogP contribution in [-0.4, -0.2) is 28.5 Å². The molecule has 156 valence electrons. The molecule has 5 nitrogen and oxygen atoms in total. The summed E-state index contributed by atoms with van der Waals surface area (Å²) < 4.78 is 15.4. The van der Waals surface area contributed by atoms with Gasteiger partial charge in [0.25, 0.3) is 0 Å². The normalized spacial score (nSPS) is 17.1. The van der Waals surface area contributed by atoms with Crippen molar-refractivity contribution in [1.29, 1.82) is 0 Å². The summed E-state index contributed by atoms with van der Waals surface area (Å²) >= 11 is 0. The summed E-state index contributed by atoms with van der Waals surface area (Å²) in [6, 6.07) is 14.0. The minimum absolute atomic E-state index is 0. The van der Waals surface area contributed by atoms with Gasteiger partial charge < -0.3 is 15.2 Å². The van der Waals surface area contributed by atoms with Crippen molar-refractivity contribution in [3.8, 4) is 0 Å². The first-order chi connectivity index (χ1) is 13.2. The van der Waals surface area contributed by atoms with Crippen LogP contribution in [-0.2, 0) is 11.3 Å². The van der Waals surface area contributed by atoms with Gasteiger partial charge in [-0.25, -0.2) is 9.37 Å². The number of hydrogen-bond donors (Lipinski definition) is 2. The van der Waals surface area contributed by atoms with Gasteiger partial charge in [-0.05, 0) is 49.2 Å². The monoisotopic (exact) mass is 438 g/mol. The molecule has 1 amide bonds. The highest BCUT2D eigenvalue weighted by atomic mass is 35.5. The summed E-state index contributed by atoms with van der Waals surface area (Å²) in [7, 11) is 0. The number of aromatic nitrogens is 2. The van der Waals surface area contributed by atoms with Crippen molar-refractivity contribution in [3.05, 3.63) is 66.2 Å². The SMILES string of the molecule is Cl.Cl.O=C(NC(Cn1cnc2ccccc21)c1ccc(F)cc1)C1CCCNC1. The van der Waals surface area contributed by atoms with Crippen LogP contribution < -0.4 is 10.6 Å². The fourth-order valence-electron chi connectivity index (χ4n) is 3.65. The number of fused-ring (bicyclic) bond motifs is 1. The summed E-state index contributed by atoms with van der Waals surface area (Å²) in [4.78, 5) is 17.2. The molecule has 4 rings (SSSR count). The number of carbonyl (C=O) groups is 1. The highest BCUT2D eigenvalue weighted by Crippen LogP contribution is 2.21. The number of carbonyl (C=O) groups excluding carboxylic acids is 1. The molecule has 2 unspecified atom stereocenters. The molecular formula is C21H25Cl2FN4O. The van der Waals surface area contributed by atoms with Crippen LogP contribution in [0.4, 0.5) is 4.39 Å². The number of amides is 1. The molecule has 0 aliphatic carbocycles. The Morgan fingerprint density at radius 2 is 1.97 bits per heavy atom. The Kier molecular flexibility index (Phi) is 8.44. The summed E-state index contributed by atoms with van der Waals surface area (Å²) in [5, 5.41) is 6.46. The molecule has 1 saturated heterocycles. The molecule has 1 aliphatic rings. The average Bonchev–Trinajstić information content (AvgIpc) is 3.12. The number of halogens is 3. The maximum Gasteiger partial charge on any atom is 0.224 e. The van der Waals surface area contributed by atoms with Crippen molar-refractivity contribution in [2.75, 3.05) is 13.1 Å². The van der Waals surface area contributed by atoms with E-state index in [1.54, 1.807) is 18.5 Å². The van der Waals surface area contributed by atoms with Crippen LogP contribution in [0.15, 0.2) is 54.9 Å². The van der Waals surface area contributed by atoms with Crippen LogP contribution >= 0.6 is 24.8 Å². The summed E-state index contributed by atoms with van der Waals surface area (Å²) in [5.41, 5.74) is 2.81. The molecule has 29 heavy (non-hydrogen) atoms. The maximum absolute atomic E-state index is 13.4. The van der Waals surface area contributed by atoms with E-state index in [1.165, 1.54) is 12.1 Å². The van der Waals surface area contributed by atoms with Crippen molar-refractivity contribution in [2.24, 2.45) is 5.92 Å². The molecule has 0 bridgehead atoms. The van der Waals surface area contributed by atoms with Crippen LogP contribution in [0, 0.1) is 11.7 Å². The van der Waals surface area contributed by atoms with Gasteiger partial charge in [0.2, 0.25) is 5.91 Å². The zero-order valence-electron chi connectivity index (χ0n) is 15.9. The first kappa shape index (κ1) is 23.1. The minimum Gasteiger partial charge on any atom is -0.347 e. The van der Waals surface area contributed by atoms with Crippen molar-refractivity contribution in [3.63, 3.8) is 0 Å². The largest absolute Gasteiger partial charge is 0.347 e. The second kappa shape index (κ2) is 10.6. The van der Waals surface area contributed by atoms with Crippen molar-refractivity contribution >= 4 is 41.8 Å². The Morgan fingerprint density at radius 1 is 1.21 bits per heavy atom. The standard InChI is InChI=1S/C21H23FN4O.2ClH/c22-17-9-7-15(8-10-17)19(25-21(27)16-4-3-11-23-12-16)13-26-14-24-18-5-1-2-6-20(18)26;;/h1-2,5-10,14,16,19,23H,3-4,11-13H2,(H,25,27);2*1H. The van der Waals surface area contributed by atoms with E-state index in [1.807, 2.05) is 28.8 Å². The highest BCUT2D eigenvalue weighted by Gasteiger charge is 2.24. The van der Waals surface area contributed by atoms with E-state index in [-0.39, 0.29) is 48.5 Å². The van der Waals surface area contributed by atoms with Crippen molar-refractivity contribution in [1.82, 2.24) is 20.2 Å². The maximum atomic E-state index is 13.4. The molecule has 2 N–H and O–H groups in total. The fourth-order valence-corrected chi connectivity index (χ4v) is 3.65. The zero-order chi connectivity index (χ0) is 18.6. The Bertz CT molecular complexity index is 926. The van der Waals surface area contributed by atoms with Crippen LogP contribution in [0.1, 0.15) is 24.4 Å². The highest BCUT2D eigenvalue weighted by molar-refractivity contribution is 5.85. The summed E-state index contributed by atoms with van der Waals surface area (Å²) in [6.07, 6.45) is 3.68. The first-order valence-electron chi connectivity index (χ1n) is 9.37. The van der Waals surface area contributed by atoms with Gasteiger partial charge in [0.15, 0.2) is 0 Å². The van der Waals surface area contributed by atoms with Gasteiger partial charge in [-0.3, -0.25) is 4.79 Å². The second-order valence-electron chi connectivity index (χ2n) is 7.04. The Balaban J connectivity index is 0.00000150. The van der Waals surface area contributed by atoms with Crippen LogP contribution in [0.3, 0.4) is 0 Å². The number of imidazole rings is 1. The Hall–Kier alpha value is -2.15. The number of hydrogen-bond acceptors (Lipinski definition) is 3. The number of rotatable bonds is 5. The fraction of sp³-hybridized carbons (Fsp3) is 0.333. The Morgan fingerprint density at radius 3 is 2.69 bits per heavy atom. The van der Waals surface area contributed by atoms with Gasteiger partial charge in [0, 0.05) is 13.1 Å². The van der Waals surface area contributed by atoms with E-state index in [4.69, 9.17) is 0 Å². The quantitative estimate of drug-likeness (QED) is 0.635. The lowest BCUT2D eigenvalue weighted by Crippen LogP contribution is -2.42. The third kappa shape index (κ3) is 5.47. The van der Waals surface area contributed by atoms with E-state index in [0.717, 1.165) is 36.0 Å². The van der Waals surface area contributed by atoms with Crippen molar-refractivity contribution in [2.45, 2.75) is 25.4 Å². The number of para-hydroxylation sites is 2. The number of piperidine rings is 1. The van der Waals surface area contributed by atoms with E-state index < -0.39 is 0 Å². The zero-order valence-corrected chi connectivity index (χ0v) is 17.5. The lowest BCUT2D eigenvalue weighted by molar-refractivity contribution is -0.126. The van der Waals surface area contributed by atoms with Gasteiger partial charge in [-0.1, -0.05) is 24.3 Å². The number of nitrogens with zero attached hydrogens (tertiary/aromatic N) is 2. The van der Waals surface area contributed by atoms with Gasteiger partial charge in [0.1, 0.15) is 5.82 Å². The number of benzene rings is 2. The molecule has 0 radical (unpaired) electrons. The van der Waals surface area contributed by atoms with Crippen molar-refractivity contribution < 1.29 is 9.18 Å². The first-order valence-corrected chi connectivity index (χ1v) is 9.37. The molecule has 1 aromatic heterocycles. The van der Waals surface area contributed by atoms with E-state index >= 15 is 0 Å². The minimum atomic E-state index is -0.284. The molecule has 2 heterocycles. The Labute approximate surface area is 181 Å². The molecule has 3 aromatic rings. The predicted octanol–water partition coefficient (Wildman–Crippen LogP) is 3.88. The summed E-state index contributed by atoms with van der Waals surface area (Å²) in [5.74, 6) is -0.268. The number of nitrogens with one attached hydrogen (secondary N) is 2. The van der Waals surface area contributed by atoms with E-state index in [0.29, 0.717) is 13.1 Å². The second-order valence-corrected chi connectivity index (χ2v) is 7.04. The molecular weight excluding hydrogens is 414 g/mol. The third-order valence-corrected chi connectivity index (χ3v) is 5.16. The third-order valence-electron chi connectivity index (χ3n) is 5.16. The predicted molar refractivity (Wildman–Crippen MR) is 117 cm³/mol. The lowest BCUT2D eigenvalue weighted by atomic mass is 9.97. The molecule has 1 aliphatic heterocycles.